The Morgan fingerprint density at radius 1 is 1.20 bits per heavy atom. The molecule has 0 saturated heterocycles. The summed E-state index contributed by atoms with van der Waals surface area (Å²) in [6.07, 6.45) is 1.54. The van der Waals surface area contributed by atoms with Crippen molar-refractivity contribution in [3.8, 4) is 0 Å². The Kier molecular flexibility index (Phi) is 4.14. The maximum Gasteiger partial charge on any atom is 0.173 e. The van der Waals surface area contributed by atoms with Gasteiger partial charge in [0.2, 0.25) is 0 Å². The van der Waals surface area contributed by atoms with E-state index < -0.39 is 0 Å². The van der Waals surface area contributed by atoms with Crippen molar-refractivity contribution in [2.75, 3.05) is 5.75 Å². The quantitative estimate of drug-likeness (QED) is 0.390. The fourth-order valence-electron chi connectivity index (χ4n) is 1.72. The Balaban J connectivity index is 1.74. The van der Waals surface area contributed by atoms with Gasteiger partial charge in [-0.05, 0) is 23.6 Å². The van der Waals surface area contributed by atoms with Crippen LogP contribution < -0.4 is 0 Å². The smallest absolute Gasteiger partial charge is 0.173 e. The van der Waals surface area contributed by atoms with Gasteiger partial charge in [-0.15, -0.1) is 11.3 Å². The molecule has 0 bridgehead atoms. The van der Waals surface area contributed by atoms with Gasteiger partial charge in [0, 0.05) is 10.0 Å². The zero-order chi connectivity index (χ0) is 13.9. The number of benzene rings is 1. The normalized spacial score (nSPS) is 10.8. The lowest BCUT2D eigenvalue weighted by atomic mass is 10.2. The van der Waals surface area contributed by atoms with E-state index in [1.165, 1.54) is 11.8 Å². The third-order valence-electron chi connectivity index (χ3n) is 2.72. The summed E-state index contributed by atoms with van der Waals surface area (Å²) >= 11 is 6.42. The Hall–Kier alpha value is -1.24. The predicted octanol–water partition coefficient (Wildman–Crippen LogP) is 4.43. The third kappa shape index (κ3) is 2.92. The van der Waals surface area contributed by atoms with Crippen LogP contribution in [0.15, 0.2) is 51.5 Å². The highest BCUT2D eigenvalue weighted by molar-refractivity contribution is 9.10. The monoisotopic (exact) mass is 364 g/mol. The van der Waals surface area contributed by atoms with Crippen LogP contribution in [-0.2, 0) is 0 Å². The Labute approximate surface area is 132 Å². The lowest BCUT2D eigenvalue weighted by Crippen LogP contribution is -2.02. The van der Waals surface area contributed by atoms with Crippen LogP contribution in [0, 0.1) is 0 Å². The summed E-state index contributed by atoms with van der Waals surface area (Å²) in [5, 5.41) is 2.86. The van der Waals surface area contributed by atoms with Crippen LogP contribution in [0.4, 0.5) is 0 Å². The average molecular weight is 365 g/mol. The minimum Gasteiger partial charge on any atom is -0.293 e. The van der Waals surface area contributed by atoms with Crippen LogP contribution in [0.5, 0.6) is 0 Å². The van der Waals surface area contributed by atoms with Crippen molar-refractivity contribution in [2.24, 2.45) is 0 Å². The maximum atomic E-state index is 12.1. The maximum absolute atomic E-state index is 12.1. The first-order chi connectivity index (χ1) is 9.74. The second kappa shape index (κ2) is 6.03. The first-order valence-corrected chi connectivity index (χ1v) is 8.49. The first kappa shape index (κ1) is 13.7. The Morgan fingerprint density at radius 3 is 2.80 bits per heavy atom. The molecule has 0 aliphatic carbocycles. The van der Waals surface area contributed by atoms with Crippen LogP contribution in [-0.4, -0.2) is 21.5 Å². The summed E-state index contributed by atoms with van der Waals surface area (Å²) < 4.78 is 2.01. The highest BCUT2D eigenvalue weighted by Crippen LogP contribution is 2.29. The van der Waals surface area contributed by atoms with Crippen molar-refractivity contribution in [2.45, 2.75) is 5.03 Å². The number of Topliss-reactive ketones (excluding diaryl/α,β-unsaturated/α-hetero) is 1. The summed E-state index contributed by atoms with van der Waals surface area (Å²) in [6, 6.07) is 9.36. The largest absolute Gasteiger partial charge is 0.293 e. The Bertz CT molecular complexity index is 755. The lowest BCUT2D eigenvalue weighted by molar-refractivity contribution is 0.102. The molecule has 0 saturated carbocycles. The van der Waals surface area contributed by atoms with Gasteiger partial charge < -0.3 is 0 Å². The number of ketones is 1. The molecule has 1 aromatic carbocycles. The molecule has 0 fully saturated rings. The van der Waals surface area contributed by atoms with Gasteiger partial charge in [0.05, 0.1) is 16.0 Å². The summed E-state index contributed by atoms with van der Waals surface area (Å²) in [5.74, 6) is 0.483. The molecule has 20 heavy (non-hydrogen) atoms. The minimum atomic E-state index is 0.103. The van der Waals surface area contributed by atoms with Gasteiger partial charge in [0.1, 0.15) is 11.4 Å². The third-order valence-corrected chi connectivity index (χ3v) is 5.27. The van der Waals surface area contributed by atoms with E-state index >= 15 is 0 Å². The van der Waals surface area contributed by atoms with E-state index in [9.17, 15) is 4.79 Å². The first-order valence-electron chi connectivity index (χ1n) is 5.84. The van der Waals surface area contributed by atoms with E-state index in [4.69, 9.17) is 0 Å². The van der Waals surface area contributed by atoms with Crippen molar-refractivity contribution in [3.05, 3.63) is 52.1 Å². The standard InChI is InChI=1S/C14H9BrN2OS2/c15-10-3-1-9(2-4-10)12(18)7-20-14-13-11(5-6-19-13)16-8-17-14/h1-6,8H,7H2. The van der Waals surface area contributed by atoms with Gasteiger partial charge in [-0.25, -0.2) is 9.97 Å². The number of carbonyl (C=O) groups is 1. The molecule has 0 unspecified atom stereocenters. The number of thioether (sulfide) groups is 1. The van der Waals surface area contributed by atoms with Gasteiger partial charge in [0.15, 0.2) is 5.78 Å². The molecule has 0 radical (unpaired) electrons. The van der Waals surface area contributed by atoms with Crippen LogP contribution in [0.25, 0.3) is 10.2 Å². The zero-order valence-electron chi connectivity index (χ0n) is 10.2. The fraction of sp³-hybridized carbons (Fsp3) is 0.0714. The molecule has 100 valence electrons. The zero-order valence-corrected chi connectivity index (χ0v) is 13.5. The number of fused-ring (bicyclic) bond motifs is 1. The minimum absolute atomic E-state index is 0.103. The van der Waals surface area contributed by atoms with Crippen molar-refractivity contribution in [1.29, 1.82) is 0 Å². The summed E-state index contributed by atoms with van der Waals surface area (Å²) in [7, 11) is 0. The molecule has 6 heteroatoms. The Morgan fingerprint density at radius 2 is 2.00 bits per heavy atom. The summed E-state index contributed by atoms with van der Waals surface area (Å²) in [6.45, 7) is 0. The molecular weight excluding hydrogens is 356 g/mol. The number of rotatable bonds is 4. The van der Waals surface area contributed by atoms with Crippen LogP contribution >= 0.6 is 39.0 Å². The van der Waals surface area contributed by atoms with Gasteiger partial charge in [-0.3, -0.25) is 4.79 Å². The van der Waals surface area contributed by atoms with E-state index in [-0.39, 0.29) is 5.78 Å². The second-order valence-corrected chi connectivity index (χ2v) is 6.83. The summed E-state index contributed by atoms with van der Waals surface area (Å²) in [4.78, 5) is 20.6. The molecule has 3 aromatic rings. The van der Waals surface area contributed by atoms with Gasteiger partial charge in [0.25, 0.3) is 0 Å². The number of nitrogens with zero attached hydrogens (tertiary/aromatic N) is 2. The molecule has 0 amide bonds. The molecular formula is C14H9BrN2OS2. The van der Waals surface area contributed by atoms with Crippen molar-refractivity contribution in [1.82, 2.24) is 9.97 Å². The number of hydrogen-bond donors (Lipinski definition) is 0. The molecule has 0 N–H and O–H groups in total. The molecule has 3 rings (SSSR count). The van der Waals surface area contributed by atoms with Crippen molar-refractivity contribution in [3.63, 3.8) is 0 Å². The molecule has 0 spiro atoms. The fourth-order valence-corrected chi connectivity index (χ4v) is 3.83. The topological polar surface area (TPSA) is 42.9 Å². The number of aromatic nitrogens is 2. The van der Waals surface area contributed by atoms with Crippen molar-refractivity contribution < 1.29 is 4.79 Å². The molecule has 2 heterocycles. The van der Waals surface area contributed by atoms with Crippen LogP contribution in [0.3, 0.4) is 0 Å². The number of halogens is 1. The molecule has 0 aliphatic heterocycles. The predicted molar refractivity (Wildman–Crippen MR) is 86.6 cm³/mol. The van der Waals surface area contributed by atoms with Crippen molar-refractivity contribution >= 4 is 55.0 Å². The second-order valence-electron chi connectivity index (χ2n) is 4.03. The van der Waals surface area contributed by atoms with E-state index in [0.29, 0.717) is 5.75 Å². The molecule has 3 nitrogen and oxygen atoms in total. The molecule has 0 atom stereocenters. The van der Waals surface area contributed by atoms with E-state index in [1.807, 2.05) is 35.7 Å². The molecule has 0 aliphatic rings. The summed E-state index contributed by atoms with van der Waals surface area (Å²) in [5.41, 5.74) is 1.65. The molecule has 2 aromatic heterocycles. The SMILES string of the molecule is O=C(CSc1ncnc2ccsc12)c1ccc(Br)cc1. The number of carbonyl (C=O) groups excluding carboxylic acids is 1. The number of thiophene rings is 1. The number of hydrogen-bond acceptors (Lipinski definition) is 5. The van der Waals surface area contributed by atoms with Gasteiger partial charge in [-0.2, -0.15) is 0 Å². The highest BCUT2D eigenvalue weighted by atomic mass is 79.9. The van der Waals surface area contributed by atoms with E-state index in [1.54, 1.807) is 17.7 Å². The van der Waals surface area contributed by atoms with E-state index in [2.05, 4.69) is 25.9 Å². The average Bonchev–Trinajstić information content (AvgIpc) is 2.94. The van der Waals surface area contributed by atoms with Crippen LogP contribution in [0.2, 0.25) is 0 Å². The highest BCUT2D eigenvalue weighted by Gasteiger charge is 2.10. The van der Waals surface area contributed by atoms with Gasteiger partial charge >= 0.3 is 0 Å². The van der Waals surface area contributed by atoms with E-state index in [0.717, 1.165) is 25.3 Å². The lowest BCUT2D eigenvalue weighted by Gasteiger charge is -2.02. The van der Waals surface area contributed by atoms with Crippen LogP contribution in [0.1, 0.15) is 10.4 Å². The van der Waals surface area contributed by atoms with Gasteiger partial charge in [-0.1, -0.05) is 39.8 Å².